The molecule has 3 rings (SSSR count). The van der Waals surface area contributed by atoms with E-state index in [4.69, 9.17) is 12.2 Å². The number of nitrogens with one attached hydrogen (secondary N) is 1. The molecule has 1 aromatic carbocycles. The number of thiocarbonyl (C=S) groups is 1. The number of benzene rings is 1. The minimum absolute atomic E-state index is 0.0512. The summed E-state index contributed by atoms with van der Waals surface area (Å²) >= 11 is 6.14. The fourth-order valence-electron chi connectivity index (χ4n) is 1.93. The molecule has 0 bridgehead atoms. The van der Waals surface area contributed by atoms with Gasteiger partial charge in [-0.05, 0) is 29.8 Å². The van der Waals surface area contributed by atoms with Crippen LogP contribution in [0.5, 0.6) is 0 Å². The van der Waals surface area contributed by atoms with Crippen molar-refractivity contribution < 1.29 is 13.2 Å². The fourth-order valence-corrected chi connectivity index (χ4v) is 4.26. The fraction of sp³-hybridized carbons (Fsp3) is 0. The molecule has 0 spiro atoms. The molecule has 122 valence electrons. The Morgan fingerprint density at radius 3 is 2.58 bits per heavy atom. The molecule has 9 heteroatoms. The van der Waals surface area contributed by atoms with Crippen LogP contribution in [0.2, 0.25) is 0 Å². The highest BCUT2D eigenvalue weighted by Crippen LogP contribution is 2.31. The Morgan fingerprint density at radius 2 is 1.92 bits per heavy atom. The summed E-state index contributed by atoms with van der Waals surface area (Å²) in [6.45, 7) is 0. The van der Waals surface area contributed by atoms with Crippen molar-refractivity contribution in [3.63, 3.8) is 0 Å². The summed E-state index contributed by atoms with van der Waals surface area (Å²) in [5, 5.41) is 0.866. The lowest BCUT2D eigenvalue weighted by atomic mass is 10.2. The summed E-state index contributed by atoms with van der Waals surface area (Å²) in [5.74, 6) is -0.520. The molecule has 1 N–H and O–H groups in total. The first-order valence-corrected chi connectivity index (χ1v) is 9.44. The number of rotatable bonds is 4. The molecule has 1 aliphatic rings. The lowest BCUT2D eigenvalue weighted by Crippen LogP contribution is -2.44. The van der Waals surface area contributed by atoms with Crippen molar-refractivity contribution in [1.29, 1.82) is 0 Å². The van der Waals surface area contributed by atoms with E-state index in [0.717, 1.165) is 22.3 Å². The highest BCUT2D eigenvalue weighted by atomic mass is 32.2. The van der Waals surface area contributed by atoms with Crippen molar-refractivity contribution in [2.45, 2.75) is 4.90 Å². The maximum atomic E-state index is 12.4. The highest BCUT2D eigenvalue weighted by Gasteiger charge is 2.35. The molecule has 2 heterocycles. The second-order valence-corrected chi connectivity index (χ2v) is 8.05. The van der Waals surface area contributed by atoms with Crippen LogP contribution < -0.4 is 4.83 Å². The number of hydrazine groups is 1. The Hall–Kier alpha value is -2.07. The number of carbonyl (C=O) groups excluding carboxylic acids is 1. The first-order chi connectivity index (χ1) is 11.5. The van der Waals surface area contributed by atoms with E-state index >= 15 is 0 Å². The lowest BCUT2D eigenvalue weighted by Gasteiger charge is -2.15. The van der Waals surface area contributed by atoms with E-state index in [1.165, 1.54) is 12.1 Å². The van der Waals surface area contributed by atoms with Crippen LogP contribution in [0.15, 0.2) is 64.7 Å². The lowest BCUT2D eigenvalue weighted by molar-refractivity contribution is -0.123. The van der Waals surface area contributed by atoms with E-state index in [9.17, 15) is 13.2 Å². The van der Waals surface area contributed by atoms with Gasteiger partial charge >= 0.3 is 0 Å². The van der Waals surface area contributed by atoms with Gasteiger partial charge in [0.2, 0.25) is 0 Å². The molecule has 1 aromatic heterocycles. The van der Waals surface area contributed by atoms with Crippen LogP contribution in [0.25, 0.3) is 6.08 Å². The first kappa shape index (κ1) is 16.8. The smallest absolute Gasteiger partial charge is 0.267 e. The molecular formula is C15H11N3O3S3. The Bertz CT molecular complexity index is 913. The summed E-state index contributed by atoms with van der Waals surface area (Å²) in [5.41, 5.74) is 0.726. The number of aromatic nitrogens is 1. The molecular weight excluding hydrogens is 366 g/mol. The van der Waals surface area contributed by atoms with Crippen LogP contribution in [0.3, 0.4) is 0 Å². The third kappa shape index (κ3) is 3.54. The molecule has 0 aliphatic carbocycles. The van der Waals surface area contributed by atoms with Gasteiger partial charge in [-0.1, -0.05) is 48.2 Å². The number of carbonyl (C=O) groups is 1. The summed E-state index contributed by atoms with van der Waals surface area (Å²) in [6, 6.07) is 11.3. The molecule has 1 amide bonds. The number of amides is 1. The number of pyridine rings is 1. The van der Waals surface area contributed by atoms with Crippen molar-refractivity contribution in [2.24, 2.45) is 0 Å². The molecule has 2 aromatic rings. The predicted molar refractivity (Wildman–Crippen MR) is 96.0 cm³/mol. The Kier molecular flexibility index (Phi) is 4.76. The Morgan fingerprint density at radius 1 is 1.17 bits per heavy atom. The van der Waals surface area contributed by atoms with E-state index < -0.39 is 15.9 Å². The van der Waals surface area contributed by atoms with Gasteiger partial charge in [-0.25, -0.2) is 13.4 Å². The van der Waals surface area contributed by atoms with Gasteiger partial charge in [0, 0.05) is 12.4 Å². The van der Waals surface area contributed by atoms with Crippen molar-refractivity contribution >= 4 is 50.3 Å². The summed E-state index contributed by atoms with van der Waals surface area (Å²) in [4.78, 5) is 19.0. The highest BCUT2D eigenvalue weighted by molar-refractivity contribution is 8.26. The third-order valence-electron chi connectivity index (χ3n) is 3.04. The van der Waals surface area contributed by atoms with Crippen molar-refractivity contribution in [1.82, 2.24) is 14.8 Å². The second-order valence-electron chi connectivity index (χ2n) is 4.71. The number of sulfonamides is 1. The van der Waals surface area contributed by atoms with Crippen LogP contribution in [-0.4, -0.2) is 28.6 Å². The van der Waals surface area contributed by atoms with Crippen molar-refractivity contribution in [2.75, 3.05) is 0 Å². The zero-order valence-electron chi connectivity index (χ0n) is 12.1. The minimum Gasteiger partial charge on any atom is -0.267 e. The normalized spacial score (nSPS) is 16.8. The van der Waals surface area contributed by atoms with Crippen LogP contribution in [0.1, 0.15) is 5.56 Å². The third-order valence-corrected chi connectivity index (χ3v) is 5.66. The van der Waals surface area contributed by atoms with Gasteiger partial charge < -0.3 is 0 Å². The number of thioether (sulfide) groups is 1. The predicted octanol–water partition coefficient (Wildman–Crippen LogP) is 2.18. The zero-order valence-corrected chi connectivity index (χ0v) is 14.6. The number of nitrogens with zero attached hydrogens (tertiary/aromatic N) is 2. The summed E-state index contributed by atoms with van der Waals surface area (Å²) < 4.78 is 24.8. The minimum atomic E-state index is -3.89. The average molecular weight is 377 g/mol. The van der Waals surface area contributed by atoms with Crippen LogP contribution in [0, 0.1) is 0 Å². The Labute approximate surface area is 148 Å². The van der Waals surface area contributed by atoms with E-state index in [1.54, 1.807) is 48.8 Å². The van der Waals surface area contributed by atoms with E-state index in [0.29, 0.717) is 4.91 Å². The topological polar surface area (TPSA) is 79.4 Å². The summed E-state index contributed by atoms with van der Waals surface area (Å²) in [7, 11) is -3.89. The number of hydrogen-bond acceptors (Lipinski definition) is 6. The molecule has 0 radical (unpaired) electrons. The van der Waals surface area contributed by atoms with Crippen molar-refractivity contribution in [3.05, 3.63) is 65.3 Å². The quantitative estimate of drug-likeness (QED) is 0.650. The van der Waals surface area contributed by atoms with E-state index in [2.05, 4.69) is 9.82 Å². The SMILES string of the molecule is O=C1/C(=C\c2cccnc2)SC(=S)N1NS(=O)(=O)c1ccccc1. The molecule has 0 unspecified atom stereocenters. The van der Waals surface area contributed by atoms with E-state index in [1.807, 2.05) is 0 Å². The number of hydrogen-bond donors (Lipinski definition) is 1. The van der Waals surface area contributed by atoms with E-state index in [-0.39, 0.29) is 9.22 Å². The van der Waals surface area contributed by atoms with Gasteiger partial charge in [0.15, 0.2) is 4.32 Å². The van der Waals surface area contributed by atoms with Crippen molar-refractivity contribution in [3.8, 4) is 0 Å². The maximum Gasteiger partial charge on any atom is 0.281 e. The maximum absolute atomic E-state index is 12.4. The molecule has 1 saturated heterocycles. The van der Waals surface area contributed by atoms with Gasteiger partial charge in [-0.2, -0.15) is 0 Å². The van der Waals surface area contributed by atoms with Crippen LogP contribution >= 0.6 is 24.0 Å². The molecule has 1 aliphatic heterocycles. The average Bonchev–Trinajstić information content (AvgIpc) is 2.84. The zero-order chi connectivity index (χ0) is 17.2. The second kappa shape index (κ2) is 6.81. The standard InChI is InChI=1S/C15H11N3O3S3/c19-14-13(9-11-5-4-8-16-10-11)23-15(22)18(14)17-24(20,21)12-6-2-1-3-7-12/h1-10,17H/b13-9+. The molecule has 24 heavy (non-hydrogen) atoms. The first-order valence-electron chi connectivity index (χ1n) is 6.73. The molecule has 0 atom stereocenters. The molecule has 6 nitrogen and oxygen atoms in total. The van der Waals surface area contributed by atoms with Gasteiger partial charge in [0.1, 0.15) is 0 Å². The van der Waals surface area contributed by atoms with Crippen LogP contribution in [-0.2, 0) is 14.8 Å². The monoisotopic (exact) mass is 377 g/mol. The largest absolute Gasteiger partial charge is 0.281 e. The summed E-state index contributed by atoms with van der Waals surface area (Å²) in [6.07, 6.45) is 4.83. The van der Waals surface area contributed by atoms with Gasteiger partial charge in [0.05, 0.1) is 9.80 Å². The molecule has 0 saturated carbocycles. The van der Waals surface area contributed by atoms with Gasteiger partial charge in [-0.3, -0.25) is 9.78 Å². The Balaban J connectivity index is 1.84. The molecule has 1 fully saturated rings. The van der Waals surface area contributed by atoms with Gasteiger partial charge in [0.25, 0.3) is 15.9 Å². The van der Waals surface area contributed by atoms with Gasteiger partial charge in [-0.15, -0.1) is 4.83 Å². The van der Waals surface area contributed by atoms with Crippen LogP contribution in [0.4, 0.5) is 0 Å².